The molecular formula is C20H22F2N2O5. The fraction of sp³-hybridized carbons (Fsp3) is 0.300. The highest BCUT2D eigenvalue weighted by molar-refractivity contribution is 5.99. The van der Waals surface area contributed by atoms with Gasteiger partial charge in [0.15, 0.2) is 11.5 Å². The predicted molar refractivity (Wildman–Crippen MR) is 103 cm³/mol. The Morgan fingerprint density at radius 2 is 1.62 bits per heavy atom. The number of carbonyl (C=O) groups is 2. The Balaban J connectivity index is 1.91. The molecule has 0 heterocycles. The van der Waals surface area contributed by atoms with Gasteiger partial charge in [-0.05, 0) is 56.3 Å². The molecule has 29 heavy (non-hydrogen) atoms. The quantitative estimate of drug-likeness (QED) is 0.629. The van der Waals surface area contributed by atoms with Gasteiger partial charge in [0.05, 0.1) is 19.8 Å². The van der Waals surface area contributed by atoms with Gasteiger partial charge >= 0.3 is 6.61 Å². The normalized spacial score (nSPS) is 10.4. The second-order valence-electron chi connectivity index (χ2n) is 5.66. The molecule has 0 unspecified atom stereocenters. The third kappa shape index (κ3) is 6.95. The summed E-state index contributed by atoms with van der Waals surface area (Å²) in [6.07, 6.45) is 0. The molecule has 9 heteroatoms. The summed E-state index contributed by atoms with van der Waals surface area (Å²) in [7, 11) is 0. The van der Waals surface area contributed by atoms with E-state index in [1.807, 2.05) is 13.8 Å². The molecule has 2 amide bonds. The van der Waals surface area contributed by atoms with Crippen molar-refractivity contribution in [2.75, 3.05) is 25.1 Å². The van der Waals surface area contributed by atoms with Gasteiger partial charge < -0.3 is 24.8 Å². The molecular weight excluding hydrogens is 386 g/mol. The summed E-state index contributed by atoms with van der Waals surface area (Å²) < 4.78 is 39.4. The largest absolute Gasteiger partial charge is 0.490 e. The third-order valence-electron chi connectivity index (χ3n) is 3.58. The molecule has 0 atom stereocenters. The van der Waals surface area contributed by atoms with Crippen molar-refractivity contribution in [2.45, 2.75) is 20.5 Å². The van der Waals surface area contributed by atoms with E-state index in [4.69, 9.17) is 9.47 Å². The first-order chi connectivity index (χ1) is 13.9. The lowest BCUT2D eigenvalue weighted by molar-refractivity contribution is -0.115. The Morgan fingerprint density at radius 1 is 0.966 bits per heavy atom. The SMILES string of the molecule is CCOc1ccc(C(=O)NCC(=O)Nc2ccc(OC(F)F)cc2)cc1OCC. The van der Waals surface area contributed by atoms with Crippen LogP contribution in [0.3, 0.4) is 0 Å². The first kappa shape index (κ1) is 21.9. The summed E-state index contributed by atoms with van der Waals surface area (Å²) in [4.78, 5) is 24.3. The molecule has 0 aliphatic rings. The zero-order valence-corrected chi connectivity index (χ0v) is 16.0. The highest BCUT2D eigenvalue weighted by Gasteiger charge is 2.13. The Hall–Kier alpha value is -3.36. The topological polar surface area (TPSA) is 85.9 Å². The zero-order chi connectivity index (χ0) is 21.2. The molecule has 0 aromatic heterocycles. The van der Waals surface area contributed by atoms with Crippen molar-refractivity contribution in [3.05, 3.63) is 48.0 Å². The molecule has 7 nitrogen and oxygen atoms in total. The first-order valence-corrected chi connectivity index (χ1v) is 8.95. The molecule has 2 aromatic carbocycles. The molecule has 0 fully saturated rings. The number of nitrogens with one attached hydrogen (secondary N) is 2. The zero-order valence-electron chi connectivity index (χ0n) is 16.0. The number of benzene rings is 2. The van der Waals surface area contributed by atoms with E-state index in [0.717, 1.165) is 0 Å². The molecule has 0 radical (unpaired) electrons. The number of carbonyl (C=O) groups excluding carboxylic acids is 2. The van der Waals surface area contributed by atoms with Crippen LogP contribution in [-0.4, -0.2) is 38.2 Å². The number of rotatable bonds is 10. The molecule has 0 spiro atoms. The molecule has 2 rings (SSSR count). The Morgan fingerprint density at radius 3 is 2.24 bits per heavy atom. The summed E-state index contributed by atoms with van der Waals surface area (Å²) in [6.45, 7) is 1.34. The second kappa shape index (κ2) is 10.8. The van der Waals surface area contributed by atoms with Gasteiger partial charge in [0, 0.05) is 11.3 Å². The van der Waals surface area contributed by atoms with E-state index < -0.39 is 18.4 Å². The van der Waals surface area contributed by atoms with Crippen molar-refractivity contribution in [1.82, 2.24) is 5.32 Å². The minimum absolute atomic E-state index is 0.0214. The van der Waals surface area contributed by atoms with Crippen LogP contribution in [0.5, 0.6) is 17.2 Å². The molecule has 0 saturated heterocycles. The fourth-order valence-electron chi connectivity index (χ4n) is 2.38. The van der Waals surface area contributed by atoms with Gasteiger partial charge in [-0.1, -0.05) is 0 Å². The van der Waals surface area contributed by atoms with Crippen LogP contribution >= 0.6 is 0 Å². The van der Waals surface area contributed by atoms with E-state index in [-0.39, 0.29) is 12.3 Å². The van der Waals surface area contributed by atoms with Gasteiger partial charge in [0.25, 0.3) is 5.91 Å². The molecule has 2 aromatic rings. The van der Waals surface area contributed by atoms with E-state index >= 15 is 0 Å². The first-order valence-electron chi connectivity index (χ1n) is 8.95. The summed E-state index contributed by atoms with van der Waals surface area (Å²) in [5.41, 5.74) is 0.698. The standard InChI is InChI=1S/C20H22F2N2O5/c1-3-27-16-10-5-13(11-17(16)28-4-2)19(26)23-12-18(25)24-14-6-8-15(9-7-14)29-20(21)22/h5-11,20H,3-4,12H2,1-2H3,(H,23,26)(H,24,25). The fourth-order valence-corrected chi connectivity index (χ4v) is 2.38. The van der Waals surface area contributed by atoms with Gasteiger partial charge in [0.1, 0.15) is 5.75 Å². The number of hydrogen-bond donors (Lipinski definition) is 2. The van der Waals surface area contributed by atoms with E-state index in [9.17, 15) is 18.4 Å². The monoisotopic (exact) mass is 408 g/mol. The Kier molecular flexibility index (Phi) is 8.20. The van der Waals surface area contributed by atoms with Crippen LogP contribution in [0.15, 0.2) is 42.5 Å². The number of ether oxygens (including phenoxy) is 3. The average Bonchev–Trinajstić information content (AvgIpc) is 2.69. The smallest absolute Gasteiger partial charge is 0.387 e. The minimum atomic E-state index is -2.92. The molecule has 0 aliphatic heterocycles. The maximum Gasteiger partial charge on any atom is 0.387 e. The second-order valence-corrected chi connectivity index (χ2v) is 5.66. The van der Waals surface area contributed by atoms with Gasteiger partial charge in [-0.15, -0.1) is 0 Å². The van der Waals surface area contributed by atoms with Crippen LogP contribution in [0.25, 0.3) is 0 Å². The van der Waals surface area contributed by atoms with Crippen LogP contribution in [0, 0.1) is 0 Å². The number of hydrogen-bond acceptors (Lipinski definition) is 5. The number of alkyl halides is 2. The van der Waals surface area contributed by atoms with Crippen molar-refractivity contribution < 1.29 is 32.6 Å². The third-order valence-corrected chi connectivity index (χ3v) is 3.58. The van der Waals surface area contributed by atoms with E-state index in [2.05, 4.69) is 15.4 Å². The predicted octanol–water partition coefficient (Wildman–Crippen LogP) is 3.45. The van der Waals surface area contributed by atoms with Gasteiger partial charge in [0.2, 0.25) is 5.91 Å². The lowest BCUT2D eigenvalue weighted by atomic mass is 10.2. The van der Waals surface area contributed by atoms with Crippen LogP contribution in [0.1, 0.15) is 24.2 Å². The van der Waals surface area contributed by atoms with Crippen molar-refractivity contribution in [1.29, 1.82) is 0 Å². The Bertz CT molecular complexity index is 828. The highest BCUT2D eigenvalue weighted by atomic mass is 19.3. The van der Waals surface area contributed by atoms with Crippen molar-refractivity contribution in [3.63, 3.8) is 0 Å². The van der Waals surface area contributed by atoms with Crippen LogP contribution < -0.4 is 24.8 Å². The highest BCUT2D eigenvalue weighted by Crippen LogP contribution is 2.28. The molecule has 0 bridgehead atoms. The van der Waals surface area contributed by atoms with Crippen LogP contribution in [-0.2, 0) is 4.79 Å². The molecule has 0 saturated carbocycles. The molecule has 0 aliphatic carbocycles. The van der Waals surface area contributed by atoms with Gasteiger partial charge in [-0.25, -0.2) is 0 Å². The summed E-state index contributed by atoms with van der Waals surface area (Å²) in [5, 5.41) is 5.05. The van der Waals surface area contributed by atoms with Gasteiger partial charge in [-0.2, -0.15) is 8.78 Å². The summed E-state index contributed by atoms with van der Waals surface area (Å²) in [5.74, 6) is 0.0223. The minimum Gasteiger partial charge on any atom is -0.490 e. The lowest BCUT2D eigenvalue weighted by Crippen LogP contribution is -2.32. The summed E-state index contributed by atoms with van der Waals surface area (Å²) >= 11 is 0. The number of halogens is 2. The molecule has 2 N–H and O–H groups in total. The van der Waals surface area contributed by atoms with Crippen LogP contribution in [0.4, 0.5) is 14.5 Å². The average molecular weight is 408 g/mol. The van der Waals surface area contributed by atoms with E-state index in [0.29, 0.717) is 36.0 Å². The van der Waals surface area contributed by atoms with Crippen molar-refractivity contribution in [3.8, 4) is 17.2 Å². The lowest BCUT2D eigenvalue weighted by Gasteiger charge is -2.12. The van der Waals surface area contributed by atoms with Gasteiger partial charge in [-0.3, -0.25) is 9.59 Å². The summed E-state index contributed by atoms with van der Waals surface area (Å²) in [6, 6.07) is 10.2. The van der Waals surface area contributed by atoms with E-state index in [1.54, 1.807) is 18.2 Å². The van der Waals surface area contributed by atoms with Crippen molar-refractivity contribution >= 4 is 17.5 Å². The number of amides is 2. The number of anilines is 1. The Labute approximate surface area is 167 Å². The van der Waals surface area contributed by atoms with Crippen molar-refractivity contribution in [2.24, 2.45) is 0 Å². The van der Waals surface area contributed by atoms with Crippen LogP contribution in [0.2, 0.25) is 0 Å². The van der Waals surface area contributed by atoms with E-state index in [1.165, 1.54) is 24.3 Å². The molecule has 156 valence electrons. The maximum atomic E-state index is 12.3. The maximum absolute atomic E-state index is 12.3.